The fraction of sp³-hybridized carbons (Fsp3) is 0.500. The molecule has 1 rings (SSSR count). The van der Waals surface area contributed by atoms with Crippen LogP contribution < -0.4 is 5.32 Å². The van der Waals surface area contributed by atoms with Crippen LogP contribution in [0.15, 0.2) is 23.1 Å². The third-order valence-corrected chi connectivity index (χ3v) is 3.33. The first-order valence-electron chi connectivity index (χ1n) is 5.37. The summed E-state index contributed by atoms with van der Waals surface area (Å²) < 4.78 is 13.3. The zero-order valence-corrected chi connectivity index (χ0v) is 10.5. The third kappa shape index (κ3) is 4.51. The van der Waals surface area contributed by atoms with Crippen LogP contribution in [-0.4, -0.2) is 24.0 Å². The van der Waals surface area contributed by atoms with Crippen LogP contribution in [0.4, 0.5) is 4.39 Å². The van der Waals surface area contributed by atoms with Crippen LogP contribution in [-0.2, 0) is 6.54 Å². The van der Waals surface area contributed by atoms with Crippen molar-refractivity contribution in [1.82, 2.24) is 5.32 Å². The van der Waals surface area contributed by atoms with Gasteiger partial charge in [0.25, 0.3) is 0 Å². The number of hydrogen-bond donors (Lipinski definition) is 2. The molecule has 0 spiro atoms. The van der Waals surface area contributed by atoms with Crippen LogP contribution in [0.3, 0.4) is 0 Å². The number of halogens is 1. The van der Waals surface area contributed by atoms with E-state index in [4.69, 9.17) is 5.11 Å². The Kier molecular flexibility index (Phi) is 5.80. The molecule has 0 saturated heterocycles. The van der Waals surface area contributed by atoms with Crippen LogP contribution in [0, 0.1) is 5.82 Å². The minimum absolute atomic E-state index is 0.173. The fourth-order valence-electron chi connectivity index (χ4n) is 1.47. The molecular formula is C12H18FNOS. The highest BCUT2D eigenvalue weighted by atomic mass is 32.2. The first-order valence-corrected chi connectivity index (χ1v) is 6.25. The molecule has 0 aliphatic heterocycles. The summed E-state index contributed by atoms with van der Waals surface area (Å²) in [5.41, 5.74) is 0.946. The second-order valence-electron chi connectivity index (χ2n) is 3.77. The van der Waals surface area contributed by atoms with Crippen LogP contribution >= 0.6 is 11.8 Å². The molecule has 4 heteroatoms. The van der Waals surface area contributed by atoms with Gasteiger partial charge in [0.05, 0.1) is 0 Å². The highest BCUT2D eigenvalue weighted by molar-refractivity contribution is 7.99. The Morgan fingerprint density at radius 3 is 2.81 bits per heavy atom. The summed E-state index contributed by atoms with van der Waals surface area (Å²) in [7, 11) is 1.84. The predicted octanol–water partition coefficient (Wildman–Crippen LogP) is 2.41. The zero-order chi connectivity index (χ0) is 12.0. The van der Waals surface area contributed by atoms with E-state index in [0.717, 1.165) is 16.9 Å². The molecule has 0 bridgehead atoms. The number of aliphatic hydroxyl groups excluding tert-OH is 1. The molecule has 16 heavy (non-hydrogen) atoms. The molecule has 90 valence electrons. The van der Waals surface area contributed by atoms with Gasteiger partial charge in [-0.2, -0.15) is 0 Å². The molecule has 0 heterocycles. The molecule has 0 amide bonds. The lowest BCUT2D eigenvalue weighted by atomic mass is 10.2. The minimum atomic E-state index is -0.202. The molecule has 1 unspecified atom stereocenters. The van der Waals surface area contributed by atoms with Crippen molar-refractivity contribution in [2.45, 2.75) is 30.0 Å². The molecular weight excluding hydrogens is 225 g/mol. The van der Waals surface area contributed by atoms with E-state index < -0.39 is 0 Å². The quantitative estimate of drug-likeness (QED) is 0.753. The first kappa shape index (κ1) is 13.5. The van der Waals surface area contributed by atoms with E-state index in [1.807, 2.05) is 20.0 Å². The highest BCUT2D eigenvalue weighted by Gasteiger charge is 2.06. The van der Waals surface area contributed by atoms with Crippen molar-refractivity contribution in [2.75, 3.05) is 13.7 Å². The largest absolute Gasteiger partial charge is 0.396 e. The Bertz CT molecular complexity index is 333. The van der Waals surface area contributed by atoms with Crippen molar-refractivity contribution < 1.29 is 9.50 Å². The summed E-state index contributed by atoms with van der Waals surface area (Å²) in [5.74, 6) is -0.202. The van der Waals surface area contributed by atoms with Gasteiger partial charge < -0.3 is 10.4 Å². The van der Waals surface area contributed by atoms with Gasteiger partial charge in [-0.15, -0.1) is 11.8 Å². The Labute approximate surface area is 100 Å². The Morgan fingerprint density at radius 1 is 1.44 bits per heavy atom. The lowest BCUT2D eigenvalue weighted by Gasteiger charge is -2.10. The molecule has 1 aromatic rings. The van der Waals surface area contributed by atoms with Crippen molar-refractivity contribution in [3.8, 4) is 0 Å². The molecule has 0 aromatic heterocycles. The molecule has 2 N–H and O–H groups in total. The summed E-state index contributed by atoms with van der Waals surface area (Å²) >= 11 is 1.59. The average Bonchev–Trinajstić information content (AvgIpc) is 2.17. The van der Waals surface area contributed by atoms with Crippen molar-refractivity contribution in [3.63, 3.8) is 0 Å². The second-order valence-corrected chi connectivity index (χ2v) is 5.28. The van der Waals surface area contributed by atoms with Gasteiger partial charge >= 0.3 is 0 Å². The van der Waals surface area contributed by atoms with E-state index in [2.05, 4.69) is 5.32 Å². The van der Waals surface area contributed by atoms with Gasteiger partial charge in [-0.3, -0.25) is 0 Å². The monoisotopic (exact) mass is 243 g/mol. The number of benzene rings is 1. The van der Waals surface area contributed by atoms with Gasteiger partial charge in [0, 0.05) is 23.3 Å². The van der Waals surface area contributed by atoms with Crippen molar-refractivity contribution >= 4 is 11.8 Å². The summed E-state index contributed by atoms with van der Waals surface area (Å²) in [6, 6.07) is 5.06. The van der Waals surface area contributed by atoms with Gasteiger partial charge in [-0.25, -0.2) is 4.39 Å². The smallest absolute Gasteiger partial charge is 0.124 e. The molecule has 0 radical (unpaired) electrons. The van der Waals surface area contributed by atoms with Crippen molar-refractivity contribution in [3.05, 3.63) is 29.6 Å². The Hall–Kier alpha value is -0.580. The molecule has 1 aromatic carbocycles. The van der Waals surface area contributed by atoms with Crippen LogP contribution in [0.25, 0.3) is 0 Å². The number of thioether (sulfide) groups is 1. The molecule has 0 aliphatic carbocycles. The van der Waals surface area contributed by atoms with Crippen molar-refractivity contribution in [2.24, 2.45) is 0 Å². The van der Waals surface area contributed by atoms with E-state index >= 15 is 0 Å². The van der Waals surface area contributed by atoms with Crippen LogP contribution in [0.5, 0.6) is 0 Å². The summed E-state index contributed by atoms with van der Waals surface area (Å²) in [5, 5.41) is 12.1. The maximum atomic E-state index is 13.3. The van der Waals surface area contributed by atoms with Crippen LogP contribution in [0.2, 0.25) is 0 Å². The Balaban J connectivity index is 2.71. The van der Waals surface area contributed by atoms with Crippen LogP contribution in [0.1, 0.15) is 18.9 Å². The maximum absolute atomic E-state index is 13.3. The average molecular weight is 243 g/mol. The van der Waals surface area contributed by atoms with E-state index in [0.29, 0.717) is 11.8 Å². The molecule has 0 fully saturated rings. The lowest BCUT2D eigenvalue weighted by Crippen LogP contribution is -2.06. The first-order chi connectivity index (χ1) is 7.65. The maximum Gasteiger partial charge on any atom is 0.124 e. The molecule has 0 aliphatic rings. The molecule has 1 atom stereocenters. The minimum Gasteiger partial charge on any atom is -0.396 e. The standard InChI is InChI=1S/C12H18FNOS/c1-9(3-4-15)16-12-6-10(8-14-2)5-11(13)7-12/h5-7,9,14-15H,3-4,8H2,1-2H3. The normalized spacial score (nSPS) is 12.8. The zero-order valence-electron chi connectivity index (χ0n) is 9.66. The van der Waals surface area contributed by atoms with E-state index in [9.17, 15) is 4.39 Å². The fourth-order valence-corrected chi connectivity index (χ4v) is 2.56. The van der Waals surface area contributed by atoms with Gasteiger partial charge in [0.2, 0.25) is 0 Å². The van der Waals surface area contributed by atoms with E-state index in [-0.39, 0.29) is 12.4 Å². The highest BCUT2D eigenvalue weighted by Crippen LogP contribution is 2.26. The van der Waals surface area contributed by atoms with E-state index in [1.165, 1.54) is 12.1 Å². The van der Waals surface area contributed by atoms with Gasteiger partial charge in [-0.05, 0) is 37.2 Å². The third-order valence-electron chi connectivity index (χ3n) is 2.18. The SMILES string of the molecule is CNCc1cc(F)cc(SC(C)CCO)c1. The topological polar surface area (TPSA) is 32.3 Å². The van der Waals surface area contributed by atoms with Gasteiger partial charge in [-0.1, -0.05) is 6.92 Å². The lowest BCUT2D eigenvalue weighted by molar-refractivity contribution is 0.289. The summed E-state index contributed by atoms with van der Waals surface area (Å²) in [6.45, 7) is 2.87. The van der Waals surface area contributed by atoms with E-state index in [1.54, 1.807) is 11.8 Å². The van der Waals surface area contributed by atoms with Gasteiger partial charge in [0.15, 0.2) is 0 Å². The summed E-state index contributed by atoms with van der Waals surface area (Å²) in [6.07, 6.45) is 0.725. The van der Waals surface area contributed by atoms with Crippen molar-refractivity contribution in [1.29, 1.82) is 0 Å². The Morgan fingerprint density at radius 2 is 2.19 bits per heavy atom. The second kappa shape index (κ2) is 6.89. The molecule has 2 nitrogen and oxygen atoms in total. The number of hydrogen-bond acceptors (Lipinski definition) is 3. The number of nitrogens with one attached hydrogen (secondary N) is 1. The molecule has 0 saturated carbocycles. The number of rotatable bonds is 6. The van der Waals surface area contributed by atoms with Gasteiger partial charge in [0.1, 0.15) is 5.82 Å². The number of aliphatic hydroxyl groups is 1. The predicted molar refractivity (Wildman–Crippen MR) is 66.2 cm³/mol. The summed E-state index contributed by atoms with van der Waals surface area (Å²) in [4.78, 5) is 0.922.